The molecule has 8 aromatic carbocycles. The Bertz CT molecular complexity index is 3190. The van der Waals surface area contributed by atoms with Gasteiger partial charge in [0.1, 0.15) is 0 Å². The summed E-state index contributed by atoms with van der Waals surface area (Å²) in [5.41, 5.74) is 11.8. The second-order valence-corrected chi connectivity index (χ2v) is 15.4. The summed E-state index contributed by atoms with van der Waals surface area (Å²) in [6, 6.07) is 60.4. The Morgan fingerprint density at radius 1 is 0.474 bits per heavy atom. The van der Waals surface area contributed by atoms with Crippen molar-refractivity contribution in [2.75, 3.05) is 0 Å². The van der Waals surface area contributed by atoms with Gasteiger partial charge in [0.05, 0.1) is 22.2 Å². The third kappa shape index (κ3) is 6.33. The highest BCUT2D eigenvalue weighted by atomic mass is 32.1. The van der Waals surface area contributed by atoms with Crippen LogP contribution >= 0.6 is 11.3 Å². The lowest BCUT2D eigenvalue weighted by molar-refractivity contribution is 1.02. The van der Waals surface area contributed by atoms with Gasteiger partial charge in [0, 0.05) is 47.3 Å². The SMILES string of the molecule is CC.Cc1ccc(-c2nc(-n3c4ccccc4c4ccc5ccc6c7ccccc7sc6c5c43)nc3ccccc23)cc1.Cc1ccccc1-c1ccccc1C. The van der Waals surface area contributed by atoms with Crippen molar-refractivity contribution >= 4 is 75.0 Å². The molecule has 3 aromatic heterocycles. The Balaban J connectivity index is 0.000000223. The predicted octanol–water partition coefficient (Wildman–Crippen LogP) is 15.2. The third-order valence-electron chi connectivity index (χ3n) is 10.9. The summed E-state index contributed by atoms with van der Waals surface area (Å²) >= 11 is 1.87. The summed E-state index contributed by atoms with van der Waals surface area (Å²) < 4.78 is 4.90. The number of thiophene rings is 1. The van der Waals surface area contributed by atoms with Gasteiger partial charge in [0.2, 0.25) is 5.95 Å². The van der Waals surface area contributed by atoms with Crippen molar-refractivity contribution in [3.05, 3.63) is 187 Å². The molecule has 4 heteroatoms. The number of aromatic nitrogens is 3. The van der Waals surface area contributed by atoms with Crippen LogP contribution in [0.3, 0.4) is 0 Å². The standard InChI is InChI=1S/C37H23N3S.C14H14.C2H6/c1-22-14-16-24(17-15-22)34-29-10-2-5-11-30(29)38-37(39-34)40-31-12-6-3-8-25(31)27-20-18-23-19-21-28-26-9-4-7-13-32(26)41-36(28)33(23)35(27)40;1-11-7-3-5-9-13(11)14-10-6-4-8-12(14)2;1-2/h2-21H,1H3;3-10H,1-2H3;1-2H3. The van der Waals surface area contributed by atoms with Crippen molar-refractivity contribution in [1.29, 1.82) is 0 Å². The van der Waals surface area contributed by atoms with Gasteiger partial charge in [0.15, 0.2) is 0 Å². The fourth-order valence-electron chi connectivity index (χ4n) is 8.09. The molecular formula is C53H43N3S. The second kappa shape index (κ2) is 15.1. The van der Waals surface area contributed by atoms with Crippen LogP contribution in [0.25, 0.3) is 92.0 Å². The third-order valence-corrected chi connectivity index (χ3v) is 12.1. The summed E-state index contributed by atoms with van der Waals surface area (Å²) in [6.45, 7) is 10.4. The molecule has 3 nitrogen and oxygen atoms in total. The molecule has 0 saturated heterocycles. The highest BCUT2D eigenvalue weighted by Gasteiger charge is 2.21. The molecule has 0 aliphatic rings. The first-order valence-corrected chi connectivity index (χ1v) is 20.6. The summed E-state index contributed by atoms with van der Waals surface area (Å²) in [4.78, 5) is 10.5. The lowest BCUT2D eigenvalue weighted by atomic mass is 9.97. The molecule has 0 spiro atoms. The monoisotopic (exact) mass is 753 g/mol. The topological polar surface area (TPSA) is 30.7 Å². The number of hydrogen-bond acceptors (Lipinski definition) is 3. The zero-order valence-corrected chi connectivity index (χ0v) is 33.7. The Morgan fingerprint density at radius 3 is 1.75 bits per heavy atom. The van der Waals surface area contributed by atoms with Crippen LogP contribution in [0.2, 0.25) is 0 Å². The molecule has 0 aliphatic carbocycles. The van der Waals surface area contributed by atoms with Gasteiger partial charge in [-0.2, -0.15) is 0 Å². The Kier molecular flexibility index (Phi) is 9.57. The maximum absolute atomic E-state index is 5.33. The molecule has 0 N–H and O–H groups in total. The van der Waals surface area contributed by atoms with Crippen molar-refractivity contribution in [3.8, 4) is 28.3 Å². The summed E-state index contributed by atoms with van der Waals surface area (Å²) in [6.07, 6.45) is 0. The number of fused-ring (bicyclic) bond motifs is 10. The first-order chi connectivity index (χ1) is 28.0. The van der Waals surface area contributed by atoms with E-state index in [0.717, 1.165) is 33.2 Å². The van der Waals surface area contributed by atoms with E-state index in [4.69, 9.17) is 9.97 Å². The molecule has 0 saturated carbocycles. The Labute approximate surface area is 337 Å². The Morgan fingerprint density at radius 2 is 1.05 bits per heavy atom. The summed E-state index contributed by atoms with van der Waals surface area (Å²) in [5.74, 6) is 0.691. The molecule has 11 rings (SSSR count). The smallest absolute Gasteiger partial charge is 0.235 e. The highest BCUT2D eigenvalue weighted by Crippen LogP contribution is 2.44. The molecule has 276 valence electrons. The van der Waals surface area contributed by atoms with Gasteiger partial charge in [-0.25, -0.2) is 9.97 Å². The van der Waals surface area contributed by atoms with Crippen LogP contribution in [-0.2, 0) is 0 Å². The quantitative estimate of drug-likeness (QED) is 0.180. The zero-order chi connectivity index (χ0) is 39.0. The van der Waals surface area contributed by atoms with Crippen LogP contribution in [0.5, 0.6) is 0 Å². The van der Waals surface area contributed by atoms with Gasteiger partial charge in [0.25, 0.3) is 0 Å². The second-order valence-electron chi connectivity index (χ2n) is 14.3. The first-order valence-electron chi connectivity index (χ1n) is 19.8. The molecule has 0 radical (unpaired) electrons. The van der Waals surface area contributed by atoms with Crippen LogP contribution < -0.4 is 0 Å². The molecule has 0 fully saturated rings. The fourth-order valence-corrected chi connectivity index (χ4v) is 9.35. The normalized spacial score (nSPS) is 11.2. The average molecular weight is 754 g/mol. The summed E-state index contributed by atoms with van der Waals surface area (Å²) in [7, 11) is 0. The lowest BCUT2D eigenvalue weighted by Gasteiger charge is -2.13. The molecular weight excluding hydrogens is 711 g/mol. The minimum atomic E-state index is 0.691. The van der Waals surface area contributed by atoms with Gasteiger partial charge in [-0.1, -0.05) is 171 Å². The molecule has 57 heavy (non-hydrogen) atoms. The number of rotatable bonds is 3. The number of aryl methyl sites for hydroxylation is 3. The van der Waals surface area contributed by atoms with Gasteiger partial charge < -0.3 is 0 Å². The van der Waals surface area contributed by atoms with Gasteiger partial charge >= 0.3 is 0 Å². The van der Waals surface area contributed by atoms with E-state index < -0.39 is 0 Å². The van der Waals surface area contributed by atoms with Crippen LogP contribution in [-0.4, -0.2) is 14.5 Å². The highest BCUT2D eigenvalue weighted by molar-refractivity contribution is 7.26. The molecule has 3 heterocycles. The molecule has 0 unspecified atom stereocenters. The fraction of sp³-hybridized carbons (Fsp3) is 0.0943. The van der Waals surface area contributed by atoms with Crippen molar-refractivity contribution < 1.29 is 0 Å². The average Bonchev–Trinajstić information content (AvgIpc) is 3.81. The van der Waals surface area contributed by atoms with Crippen molar-refractivity contribution in [1.82, 2.24) is 14.5 Å². The lowest BCUT2D eigenvalue weighted by Crippen LogP contribution is -2.03. The number of nitrogens with zero attached hydrogens (tertiary/aromatic N) is 3. The number of hydrogen-bond donors (Lipinski definition) is 0. The van der Waals surface area contributed by atoms with Gasteiger partial charge in [-0.3, -0.25) is 4.57 Å². The zero-order valence-electron chi connectivity index (χ0n) is 32.9. The van der Waals surface area contributed by atoms with E-state index >= 15 is 0 Å². The van der Waals surface area contributed by atoms with Crippen molar-refractivity contribution in [2.24, 2.45) is 0 Å². The van der Waals surface area contributed by atoms with Crippen LogP contribution in [0.4, 0.5) is 0 Å². The van der Waals surface area contributed by atoms with E-state index in [9.17, 15) is 0 Å². The van der Waals surface area contributed by atoms with Crippen LogP contribution in [0.15, 0.2) is 170 Å². The molecule has 0 bridgehead atoms. The Hall–Kier alpha value is -6.62. The van der Waals surface area contributed by atoms with Crippen molar-refractivity contribution in [3.63, 3.8) is 0 Å². The molecule has 0 atom stereocenters. The summed E-state index contributed by atoms with van der Waals surface area (Å²) in [5, 5.41) is 8.55. The van der Waals surface area contributed by atoms with Crippen LogP contribution in [0, 0.1) is 20.8 Å². The van der Waals surface area contributed by atoms with E-state index in [-0.39, 0.29) is 0 Å². The first kappa shape index (κ1) is 36.0. The van der Waals surface area contributed by atoms with E-state index in [1.807, 2.05) is 25.2 Å². The van der Waals surface area contributed by atoms with Gasteiger partial charge in [-0.15, -0.1) is 11.3 Å². The molecule has 0 aliphatic heterocycles. The maximum atomic E-state index is 5.33. The number of benzene rings is 8. The predicted molar refractivity (Wildman–Crippen MR) is 247 cm³/mol. The van der Waals surface area contributed by atoms with E-state index in [1.165, 1.54) is 69.5 Å². The minimum absolute atomic E-state index is 0.691. The van der Waals surface area contributed by atoms with Crippen LogP contribution in [0.1, 0.15) is 30.5 Å². The van der Waals surface area contributed by atoms with E-state index in [2.05, 4.69) is 195 Å². The van der Waals surface area contributed by atoms with Gasteiger partial charge in [-0.05, 0) is 66.6 Å². The number of para-hydroxylation sites is 2. The molecule has 11 aromatic rings. The maximum Gasteiger partial charge on any atom is 0.235 e. The largest absolute Gasteiger partial charge is 0.277 e. The van der Waals surface area contributed by atoms with E-state index in [0.29, 0.717) is 5.95 Å². The minimum Gasteiger partial charge on any atom is -0.277 e. The molecule has 0 amide bonds. The van der Waals surface area contributed by atoms with E-state index in [1.54, 1.807) is 0 Å². The van der Waals surface area contributed by atoms with Crippen molar-refractivity contribution in [2.45, 2.75) is 34.6 Å².